The van der Waals surface area contributed by atoms with Gasteiger partial charge in [-0.3, -0.25) is 5.32 Å². The first-order valence-corrected chi connectivity index (χ1v) is 8.50. The van der Waals surface area contributed by atoms with Crippen LogP contribution in [0, 0.1) is 0 Å². The fourth-order valence-electron chi connectivity index (χ4n) is 2.28. The van der Waals surface area contributed by atoms with Crippen LogP contribution in [-0.2, 0) is 23.9 Å². The molecule has 4 nitrogen and oxygen atoms in total. The van der Waals surface area contributed by atoms with Crippen LogP contribution in [0.2, 0.25) is 0 Å². The number of halogens is 4. The van der Waals surface area contributed by atoms with Crippen LogP contribution in [0.5, 0.6) is 5.75 Å². The second kappa shape index (κ2) is 8.44. The number of carbonyl (C=O) groups is 1. The van der Waals surface area contributed by atoms with Gasteiger partial charge >= 0.3 is 12.3 Å². The monoisotopic (exact) mass is 431 g/mol. The van der Waals surface area contributed by atoms with E-state index in [1.54, 1.807) is 31.2 Å². The fraction of sp³-hybridized carbons (Fsp3) is 0.278. The van der Waals surface area contributed by atoms with E-state index in [4.69, 9.17) is 4.74 Å². The third kappa shape index (κ3) is 4.91. The molecule has 2 aromatic rings. The largest absolute Gasteiger partial charge is 0.488 e. The van der Waals surface area contributed by atoms with Crippen LogP contribution in [0.1, 0.15) is 23.6 Å². The molecule has 0 aromatic heterocycles. The van der Waals surface area contributed by atoms with Gasteiger partial charge in [0, 0.05) is 10.0 Å². The van der Waals surface area contributed by atoms with E-state index < -0.39 is 17.8 Å². The van der Waals surface area contributed by atoms with Crippen molar-refractivity contribution < 1.29 is 27.4 Å². The molecule has 0 heterocycles. The van der Waals surface area contributed by atoms with E-state index in [9.17, 15) is 18.0 Å². The lowest BCUT2D eigenvalue weighted by atomic mass is 10.1. The van der Waals surface area contributed by atoms with Crippen molar-refractivity contribution >= 4 is 27.7 Å². The summed E-state index contributed by atoms with van der Waals surface area (Å²) in [7, 11) is 1.22. The lowest BCUT2D eigenvalue weighted by molar-refractivity contribution is -0.139. The summed E-state index contributed by atoms with van der Waals surface area (Å²) in [5.41, 5.74) is 0.612. The van der Waals surface area contributed by atoms with Crippen molar-refractivity contribution in [2.24, 2.45) is 0 Å². The number of hydrogen-bond acceptors (Lipinski definition) is 3. The maximum atomic E-state index is 13.3. The number of nitrogens with one attached hydrogen (secondary N) is 1. The summed E-state index contributed by atoms with van der Waals surface area (Å²) in [6, 6.07) is 8.97. The molecule has 0 aliphatic carbocycles. The smallest absolute Gasteiger partial charge is 0.419 e. The van der Waals surface area contributed by atoms with Gasteiger partial charge in [0.15, 0.2) is 0 Å². The Bertz CT molecular complexity index is 794. The minimum absolute atomic E-state index is 0.171. The highest BCUT2D eigenvalue weighted by molar-refractivity contribution is 9.10. The molecule has 1 amide bonds. The number of anilines is 1. The van der Waals surface area contributed by atoms with E-state index in [1.807, 2.05) is 0 Å². The molecule has 1 N–H and O–H groups in total. The maximum absolute atomic E-state index is 13.3. The number of alkyl halides is 3. The zero-order valence-electron chi connectivity index (χ0n) is 14.1. The first-order valence-electron chi connectivity index (χ1n) is 7.71. The summed E-state index contributed by atoms with van der Waals surface area (Å²) in [5.74, 6) is -0.269. The zero-order valence-corrected chi connectivity index (χ0v) is 15.7. The zero-order chi connectivity index (χ0) is 19.3. The van der Waals surface area contributed by atoms with Gasteiger partial charge in [0.25, 0.3) is 0 Å². The minimum Gasteiger partial charge on any atom is -0.488 e. The molecule has 0 aliphatic heterocycles. The van der Waals surface area contributed by atoms with Gasteiger partial charge in [0.2, 0.25) is 0 Å². The van der Waals surface area contributed by atoms with E-state index >= 15 is 0 Å². The molecule has 0 fully saturated rings. The Hall–Kier alpha value is -2.22. The molecule has 0 spiro atoms. The Morgan fingerprint density at radius 2 is 1.96 bits per heavy atom. The number of hydrogen-bond donors (Lipinski definition) is 1. The Labute approximate surface area is 157 Å². The van der Waals surface area contributed by atoms with Crippen molar-refractivity contribution in [3.8, 4) is 5.75 Å². The summed E-state index contributed by atoms with van der Waals surface area (Å²) in [5, 5.41) is 2.51. The summed E-state index contributed by atoms with van der Waals surface area (Å²) in [4.78, 5) is 11.4. The van der Waals surface area contributed by atoms with Gasteiger partial charge in [-0.25, -0.2) is 4.79 Å². The van der Waals surface area contributed by atoms with Crippen molar-refractivity contribution in [3.63, 3.8) is 0 Å². The van der Waals surface area contributed by atoms with Gasteiger partial charge in [0.1, 0.15) is 12.4 Å². The fourth-order valence-corrected chi connectivity index (χ4v) is 2.76. The molecule has 0 radical (unpaired) electrons. The second-order valence-electron chi connectivity index (χ2n) is 5.35. The van der Waals surface area contributed by atoms with Crippen molar-refractivity contribution in [2.45, 2.75) is 26.1 Å². The van der Waals surface area contributed by atoms with Gasteiger partial charge < -0.3 is 9.47 Å². The van der Waals surface area contributed by atoms with Gasteiger partial charge in [0.05, 0.1) is 18.4 Å². The summed E-state index contributed by atoms with van der Waals surface area (Å²) in [6.07, 6.45) is -4.73. The van der Waals surface area contributed by atoms with Crippen LogP contribution in [0.4, 0.5) is 23.7 Å². The lowest BCUT2D eigenvalue weighted by Crippen LogP contribution is -2.14. The van der Waals surface area contributed by atoms with Gasteiger partial charge in [-0.15, -0.1) is 0 Å². The van der Waals surface area contributed by atoms with Crippen LogP contribution >= 0.6 is 15.9 Å². The number of carbonyl (C=O) groups excluding carboxylic acids is 1. The third-order valence-electron chi connectivity index (χ3n) is 3.67. The lowest BCUT2D eigenvalue weighted by Gasteiger charge is -2.17. The molecular weight excluding hydrogens is 415 g/mol. The topological polar surface area (TPSA) is 47.6 Å². The van der Waals surface area contributed by atoms with Crippen LogP contribution in [0.25, 0.3) is 0 Å². The predicted octanol–water partition coefficient (Wildman–Crippen LogP) is 5.79. The molecule has 26 heavy (non-hydrogen) atoms. The highest BCUT2D eigenvalue weighted by atomic mass is 79.9. The van der Waals surface area contributed by atoms with Crippen molar-refractivity contribution in [1.29, 1.82) is 0 Å². The Balaban J connectivity index is 2.31. The van der Waals surface area contributed by atoms with Crippen LogP contribution in [-0.4, -0.2) is 13.2 Å². The Morgan fingerprint density at radius 1 is 1.23 bits per heavy atom. The molecule has 8 heteroatoms. The maximum Gasteiger partial charge on any atom is 0.419 e. The Morgan fingerprint density at radius 3 is 2.58 bits per heavy atom. The number of benzene rings is 2. The molecule has 2 aromatic carbocycles. The van der Waals surface area contributed by atoms with Gasteiger partial charge in [-0.1, -0.05) is 35.0 Å². The number of aryl methyl sites for hydroxylation is 1. The number of methoxy groups -OCH3 is 1. The minimum atomic E-state index is -4.53. The molecule has 0 atom stereocenters. The van der Waals surface area contributed by atoms with Crippen molar-refractivity contribution in [2.75, 3.05) is 12.4 Å². The molecule has 0 saturated heterocycles. The van der Waals surface area contributed by atoms with Crippen molar-refractivity contribution in [1.82, 2.24) is 0 Å². The molecule has 0 aliphatic rings. The van der Waals surface area contributed by atoms with Crippen LogP contribution in [0.3, 0.4) is 0 Å². The first kappa shape index (κ1) is 20.1. The van der Waals surface area contributed by atoms with E-state index in [0.717, 1.165) is 6.07 Å². The molecular formula is C18H17BrF3NO3. The van der Waals surface area contributed by atoms with Crippen molar-refractivity contribution in [3.05, 3.63) is 57.6 Å². The second-order valence-corrected chi connectivity index (χ2v) is 6.21. The quantitative estimate of drug-likeness (QED) is 0.651. The van der Waals surface area contributed by atoms with Gasteiger partial charge in [-0.2, -0.15) is 13.2 Å². The third-order valence-corrected chi connectivity index (χ3v) is 4.41. The summed E-state index contributed by atoms with van der Waals surface area (Å²) >= 11 is 3.32. The van der Waals surface area contributed by atoms with E-state index in [2.05, 4.69) is 26.0 Å². The molecule has 2 rings (SSSR count). The number of ether oxygens (including phenoxy) is 2. The first-order chi connectivity index (χ1) is 12.3. The summed E-state index contributed by atoms with van der Waals surface area (Å²) < 4.78 is 50.5. The average Bonchev–Trinajstić information content (AvgIpc) is 2.60. The SMILES string of the molecule is CCc1ccc(OCc2c(Br)cccc2NC(=O)OC)c(C(F)(F)F)c1. The van der Waals surface area contributed by atoms with Crippen LogP contribution < -0.4 is 10.1 Å². The standard InChI is InChI=1S/C18H17BrF3NO3/c1-3-11-7-8-16(13(9-11)18(20,21)22)26-10-12-14(19)5-4-6-15(12)23-17(24)25-2/h4-9H,3,10H2,1-2H3,(H,23,24). The molecule has 0 bridgehead atoms. The average molecular weight is 432 g/mol. The molecule has 0 unspecified atom stereocenters. The van der Waals surface area contributed by atoms with Gasteiger partial charge in [-0.05, 0) is 36.2 Å². The van der Waals surface area contributed by atoms with E-state index in [0.29, 0.717) is 27.7 Å². The Kier molecular flexibility index (Phi) is 6.52. The number of rotatable bonds is 5. The predicted molar refractivity (Wildman–Crippen MR) is 95.3 cm³/mol. The number of amides is 1. The van der Waals surface area contributed by atoms with Crippen LogP contribution in [0.15, 0.2) is 40.9 Å². The highest BCUT2D eigenvalue weighted by Gasteiger charge is 2.34. The van der Waals surface area contributed by atoms with E-state index in [1.165, 1.54) is 13.2 Å². The highest BCUT2D eigenvalue weighted by Crippen LogP contribution is 2.38. The molecule has 0 saturated carbocycles. The molecule has 140 valence electrons. The normalized spacial score (nSPS) is 11.2. The summed E-state index contributed by atoms with van der Waals surface area (Å²) in [6.45, 7) is 1.61. The van der Waals surface area contributed by atoms with E-state index in [-0.39, 0.29) is 12.4 Å².